The van der Waals surface area contributed by atoms with Crippen molar-refractivity contribution in [2.24, 2.45) is 11.7 Å². The SMILES string of the molecule is NCC1CCN(C(=O)c2cccc([N+](=O)[O-])c2N)CC1. The van der Waals surface area contributed by atoms with Crippen molar-refractivity contribution in [1.82, 2.24) is 4.90 Å². The van der Waals surface area contributed by atoms with Gasteiger partial charge in [0.05, 0.1) is 10.5 Å². The molecule has 0 aliphatic carbocycles. The number of benzene rings is 1. The number of rotatable bonds is 3. The number of amides is 1. The molecule has 108 valence electrons. The summed E-state index contributed by atoms with van der Waals surface area (Å²) in [6.07, 6.45) is 1.72. The fourth-order valence-corrected chi connectivity index (χ4v) is 2.44. The van der Waals surface area contributed by atoms with E-state index >= 15 is 0 Å². The van der Waals surface area contributed by atoms with E-state index < -0.39 is 4.92 Å². The summed E-state index contributed by atoms with van der Waals surface area (Å²) < 4.78 is 0. The summed E-state index contributed by atoms with van der Waals surface area (Å²) in [6, 6.07) is 4.31. The Morgan fingerprint density at radius 2 is 2.05 bits per heavy atom. The molecule has 20 heavy (non-hydrogen) atoms. The molecule has 0 unspecified atom stereocenters. The van der Waals surface area contributed by atoms with Crippen LogP contribution < -0.4 is 11.5 Å². The molecular formula is C13H18N4O3. The topological polar surface area (TPSA) is 115 Å². The Kier molecular flexibility index (Phi) is 4.19. The zero-order valence-electron chi connectivity index (χ0n) is 11.1. The number of nitrogen functional groups attached to an aromatic ring is 1. The van der Waals surface area contributed by atoms with Gasteiger partial charge in [0.1, 0.15) is 5.69 Å². The quantitative estimate of drug-likeness (QED) is 0.486. The highest BCUT2D eigenvalue weighted by molar-refractivity contribution is 6.01. The second-order valence-corrected chi connectivity index (χ2v) is 4.97. The van der Waals surface area contributed by atoms with E-state index in [0.717, 1.165) is 12.8 Å². The van der Waals surface area contributed by atoms with Crippen LogP contribution in [0, 0.1) is 16.0 Å². The van der Waals surface area contributed by atoms with Crippen molar-refractivity contribution in [2.45, 2.75) is 12.8 Å². The maximum Gasteiger partial charge on any atom is 0.292 e. The average molecular weight is 278 g/mol. The van der Waals surface area contributed by atoms with Crippen LogP contribution in [0.4, 0.5) is 11.4 Å². The fraction of sp³-hybridized carbons (Fsp3) is 0.462. The van der Waals surface area contributed by atoms with E-state index in [1.807, 2.05) is 0 Å². The van der Waals surface area contributed by atoms with Crippen molar-refractivity contribution in [2.75, 3.05) is 25.4 Å². The van der Waals surface area contributed by atoms with Gasteiger partial charge in [-0.3, -0.25) is 14.9 Å². The number of nitrogens with two attached hydrogens (primary N) is 2. The Hall–Kier alpha value is -2.15. The van der Waals surface area contributed by atoms with Gasteiger partial charge in [0.25, 0.3) is 11.6 Å². The molecule has 0 spiro atoms. The van der Waals surface area contributed by atoms with E-state index in [-0.39, 0.29) is 22.8 Å². The zero-order chi connectivity index (χ0) is 14.7. The smallest absolute Gasteiger partial charge is 0.292 e. The summed E-state index contributed by atoms with van der Waals surface area (Å²) in [7, 11) is 0. The number of anilines is 1. The first-order valence-corrected chi connectivity index (χ1v) is 6.56. The van der Waals surface area contributed by atoms with Gasteiger partial charge in [-0.05, 0) is 31.4 Å². The lowest BCUT2D eigenvalue weighted by atomic mass is 9.96. The van der Waals surface area contributed by atoms with Gasteiger partial charge in [-0.25, -0.2) is 0 Å². The van der Waals surface area contributed by atoms with Gasteiger partial charge in [-0.15, -0.1) is 0 Å². The van der Waals surface area contributed by atoms with Crippen LogP contribution in [0.5, 0.6) is 0 Å². The molecule has 7 heteroatoms. The van der Waals surface area contributed by atoms with Crippen molar-refractivity contribution in [3.8, 4) is 0 Å². The largest absolute Gasteiger partial charge is 0.393 e. The maximum atomic E-state index is 12.4. The summed E-state index contributed by atoms with van der Waals surface area (Å²) in [5.41, 5.74) is 11.3. The first-order chi connectivity index (χ1) is 9.54. The van der Waals surface area contributed by atoms with Crippen molar-refractivity contribution >= 4 is 17.3 Å². The third-order valence-electron chi connectivity index (χ3n) is 3.75. The summed E-state index contributed by atoms with van der Waals surface area (Å²) in [5.74, 6) is 0.197. The van der Waals surface area contributed by atoms with Crippen LogP contribution in [0.25, 0.3) is 0 Å². The van der Waals surface area contributed by atoms with Gasteiger partial charge in [0.15, 0.2) is 0 Å². The van der Waals surface area contributed by atoms with Crippen LogP contribution in [0.15, 0.2) is 18.2 Å². The van der Waals surface area contributed by atoms with Crippen molar-refractivity contribution < 1.29 is 9.72 Å². The Balaban J connectivity index is 2.18. The molecule has 7 nitrogen and oxygen atoms in total. The normalized spacial score (nSPS) is 16.1. The van der Waals surface area contributed by atoms with Gasteiger partial charge >= 0.3 is 0 Å². The van der Waals surface area contributed by atoms with Crippen LogP contribution in [-0.4, -0.2) is 35.4 Å². The van der Waals surface area contributed by atoms with Crippen LogP contribution >= 0.6 is 0 Å². The molecule has 1 aliphatic heterocycles. The number of piperidine rings is 1. The lowest BCUT2D eigenvalue weighted by Gasteiger charge is -2.31. The molecule has 2 rings (SSSR count). The number of carbonyl (C=O) groups excluding carboxylic acids is 1. The molecule has 1 aliphatic rings. The molecule has 1 aromatic rings. The Bertz CT molecular complexity index is 524. The molecule has 1 heterocycles. The highest BCUT2D eigenvalue weighted by atomic mass is 16.6. The lowest BCUT2D eigenvalue weighted by molar-refractivity contribution is -0.383. The third-order valence-corrected chi connectivity index (χ3v) is 3.75. The summed E-state index contributed by atoms with van der Waals surface area (Å²) in [6.45, 7) is 1.85. The molecule has 1 aromatic carbocycles. The summed E-state index contributed by atoms with van der Waals surface area (Å²) in [4.78, 5) is 24.3. The van der Waals surface area contributed by atoms with Crippen LogP contribution in [0.1, 0.15) is 23.2 Å². The van der Waals surface area contributed by atoms with E-state index in [1.54, 1.807) is 4.90 Å². The molecule has 0 bridgehead atoms. The van der Waals surface area contributed by atoms with Crippen molar-refractivity contribution in [3.63, 3.8) is 0 Å². The molecule has 0 atom stereocenters. The Morgan fingerprint density at radius 1 is 1.40 bits per heavy atom. The lowest BCUT2D eigenvalue weighted by Crippen LogP contribution is -2.40. The number of likely N-dealkylation sites (tertiary alicyclic amines) is 1. The minimum Gasteiger partial charge on any atom is -0.393 e. The van der Waals surface area contributed by atoms with Gasteiger partial charge in [0, 0.05) is 19.2 Å². The van der Waals surface area contributed by atoms with Gasteiger partial charge < -0.3 is 16.4 Å². The molecule has 1 saturated heterocycles. The maximum absolute atomic E-state index is 12.4. The van der Waals surface area contributed by atoms with E-state index in [1.165, 1.54) is 18.2 Å². The molecule has 1 amide bonds. The van der Waals surface area contributed by atoms with Crippen molar-refractivity contribution in [1.29, 1.82) is 0 Å². The predicted octanol–water partition coefficient (Wildman–Crippen LogP) is 0.988. The van der Waals surface area contributed by atoms with E-state index in [4.69, 9.17) is 11.5 Å². The van der Waals surface area contributed by atoms with Gasteiger partial charge in [-0.1, -0.05) is 6.07 Å². The minimum atomic E-state index is -0.577. The molecule has 4 N–H and O–H groups in total. The van der Waals surface area contributed by atoms with Crippen LogP contribution in [-0.2, 0) is 0 Å². The van der Waals surface area contributed by atoms with E-state index in [9.17, 15) is 14.9 Å². The molecule has 0 aromatic heterocycles. The molecule has 1 fully saturated rings. The number of nitrogens with zero attached hydrogens (tertiary/aromatic N) is 2. The number of nitro benzene ring substituents is 1. The molecule has 0 saturated carbocycles. The third kappa shape index (κ3) is 2.72. The number of hydrogen-bond donors (Lipinski definition) is 2. The van der Waals surface area contributed by atoms with E-state index in [0.29, 0.717) is 25.6 Å². The zero-order valence-corrected chi connectivity index (χ0v) is 11.1. The fourth-order valence-electron chi connectivity index (χ4n) is 2.44. The van der Waals surface area contributed by atoms with Crippen LogP contribution in [0.3, 0.4) is 0 Å². The predicted molar refractivity (Wildman–Crippen MR) is 75.2 cm³/mol. The van der Waals surface area contributed by atoms with E-state index in [2.05, 4.69) is 0 Å². The van der Waals surface area contributed by atoms with Crippen molar-refractivity contribution in [3.05, 3.63) is 33.9 Å². The first-order valence-electron chi connectivity index (χ1n) is 6.56. The molecule has 0 radical (unpaired) electrons. The summed E-state index contributed by atoms with van der Waals surface area (Å²) >= 11 is 0. The molecular weight excluding hydrogens is 260 g/mol. The van der Waals surface area contributed by atoms with Gasteiger partial charge in [-0.2, -0.15) is 0 Å². The Labute approximate surface area is 116 Å². The standard InChI is InChI=1S/C13H18N4O3/c14-8-9-4-6-16(7-5-9)13(18)10-2-1-3-11(12(10)15)17(19)20/h1-3,9H,4-8,14-15H2. The second-order valence-electron chi connectivity index (χ2n) is 4.97. The number of nitro groups is 1. The monoisotopic (exact) mass is 278 g/mol. The first kappa shape index (κ1) is 14.3. The second kappa shape index (κ2) is 5.87. The minimum absolute atomic E-state index is 0.0663. The van der Waals surface area contributed by atoms with Gasteiger partial charge in [0.2, 0.25) is 0 Å². The summed E-state index contributed by atoms with van der Waals surface area (Å²) in [5, 5.41) is 10.8. The highest BCUT2D eigenvalue weighted by Gasteiger charge is 2.26. The highest BCUT2D eigenvalue weighted by Crippen LogP contribution is 2.27. The Morgan fingerprint density at radius 3 is 2.60 bits per heavy atom. The number of hydrogen-bond acceptors (Lipinski definition) is 5. The van der Waals surface area contributed by atoms with Crippen LogP contribution in [0.2, 0.25) is 0 Å². The number of carbonyl (C=O) groups is 1. The average Bonchev–Trinajstić information content (AvgIpc) is 2.46. The number of para-hydroxylation sites is 1.